The Labute approximate surface area is 230 Å². The van der Waals surface area contributed by atoms with Crippen LogP contribution in [0.1, 0.15) is 58.4 Å². The molecular weight excluding hydrogens is 521 g/mol. The fraction of sp³-hybridized carbons (Fsp3) is 0.379. The second kappa shape index (κ2) is 10.8. The van der Waals surface area contributed by atoms with Crippen LogP contribution in [0.25, 0.3) is 16.9 Å². The van der Waals surface area contributed by atoms with E-state index in [1.807, 2.05) is 20.9 Å². The van der Waals surface area contributed by atoms with Gasteiger partial charge in [-0.25, -0.2) is 4.68 Å². The van der Waals surface area contributed by atoms with Gasteiger partial charge in [-0.15, -0.1) is 5.10 Å². The topological polar surface area (TPSA) is 86.9 Å². The van der Waals surface area contributed by atoms with Gasteiger partial charge in [0.25, 0.3) is 5.91 Å². The lowest BCUT2D eigenvalue weighted by molar-refractivity contribution is -0.137. The number of carbonyl (C=O) groups excluding carboxylic acids is 1. The Hall–Kier alpha value is -4.15. The van der Waals surface area contributed by atoms with Crippen molar-refractivity contribution in [3.63, 3.8) is 0 Å². The summed E-state index contributed by atoms with van der Waals surface area (Å²) in [4.78, 5) is 13.3. The van der Waals surface area contributed by atoms with E-state index in [9.17, 15) is 18.0 Å². The number of carbonyl (C=O) groups is 1. The zero-order chi connectivity index (χ0) is 28.6. The second-order valence-electron chi connectivity index (χ2n) is 10.3. The van der Waals surface area contributed by atoms with Crippen molar-refractivity contribution in [2.75, 3.05) is 12.4 Å². The summed E-state index contributed by atoms with van der Waals surface area (Å²) in [6.07, 6.45) is 3.47. The number of nitrogens with one attached hydrogen (secondary N) is 1. The van der Waals surface area contributed by atoms with E-state index in [1.54, 1.807) is 40.0 Å². The van der Waals surface area contributed by atoms with Crippen LogP contribution in [0.5, 0.6) is 5.75 Å². The maximum absolute atomic E-state index is 13.8. The van der Waals surface area contributed by atoms with E-state index in [0.717, 1.165) is 54.6 Å². The number of methoxy groups -OCH3 is 1. The number of hydrogen-bond acceptors (Lipinski definition) is 5. The number of alkyl halides is 3. The summed E-state index contributed by atoms with van der Waals surface area (Å²) in [5.41, 5.74) is 3.71. The van der Waals surface area contributed by atoms with Crippen LogP contribution in [0.2, 0.25) is 0 Å². The normalized spacial score (nSPS) is 13.8. The Morgan fingerprint density at radius 3 is 2.58 bits per heavy atom. The van der Waals surface area contributed by atoms with Crippen LogP contribution in [0.15, 0.2) is 42.7 Å². The Morgan fingerprint density at radius 2 is 1.95 bits per heavy atom. The highest BCUT2D eigenvalue weighted by molar-refractivity contribution is 6.05. The Bertz CT molecular complexity index is 1550. The number of aromatic nitrogens is 5. The van der Waals surface area contributed by atoms with E-state index in [-0.39, 0.29) is 17.0 Å². The van der Waals surface area contributed by atoms with Gasteiger partial charge in [-0.2, -0.15) is 18.3 Å². The number of hydrogen-bond donors (Lipinski definition) is 1. The zero-order valence-corrected chi connectivity index (χ0v) is 22.8. The first-order chi connectivity index (χ1) is 19.0. The van der Waals surface area contributed by atoms with Gasteiger partial charge in [0.05, 0.1) is 36.4 Å². The van der Waals surface area contributed by atoms with Crippen molar-refractivity contribution in [3.05, 3.63) is 70.7 Å². The smallest absolute Gasteiger partial charge is 0.416 e. The van der Waals surface area contributed by atoms with Gasteiger partial charge in [-0.1, -0.05) is 30.5 Å². The summed E-state index contributed by atoms with van der Waals surface area (Å²) in [6.45, 7) is 3.80. The highest BCUT2D eigenvalue weighted by Crippen LogP contribution is 2.40. The molecule has 0 unspecified atom stereocenters. The van der Waals surface area contributed by atoms with Crippen LogP contribution in [-0.4, -0.2) is 37.8 Å². The average Bonchev–Trinajstić information content (AvgIpc) is 3.49. The number of benzene rings is 2. The monoisotopic (exact) mass is 552 g/mol. The predicted molar refractivity (Wildman–Crippen MR) is 145 cm³/mol. The van der Waals surface area contributed by atoms with E-state index in [4.69, 9.17) is 4.74 Å². The molecular formula is C29H31F3N6O2. The SMILES string of the molecule is COc1c(CCC2CCC2)cc(C(F)(F)F)cc1NC(=O)c1ccc(C)c(-n2cc(-c3cnn(C)c3C)nn2)c1. The molecule has 0 saturated heterocycles. The molecule has 11 heteroatoms. The highest BCUT2D eigenvalue weighted by atomic mass is 19.4. The molecule has 8 nitrogen and oxygen atoms in total. The molecule has 4 aromatic rings. The minimum absolute atomic E-state index is 0.0110. The lowest BCUT2D eigenvalue weighted by Gasteiger charge is -2.26. The van der Waals surface area contributed by atoms with Crippen LogP contribution < -0.4 is 10.1 Å². The number of nitrogens with zero attached hydrogens (tertiary/aromatic N) is 5. The first-order valence-corrected chi connectivity index (χ1v) is 13.2. The average molecular weight is 553 g/mol. The summed E-state index contributed by atoms with van der Waals surface area (Å²) < 4.78 is 50.2. The molecule has 1 N–H and O–H groups in total. The van der Waals surface area contributed by atoms with Crippen LogP contribution in [0, 0.1) is 19.8 Å². The van der Waals surface area contributed by atoms with Crippen molar-refractivity contribution in [1.82, 2.24) is 24.8 Å². The van der Waals surface area contributed by atoms with Crippen molar-refractivity contribution >= 4 is 11.6 Å². The molecule has 1 aliphatic rings. The summed E-state index contributed by atoms with van der Waals surface area (Å²) in [6, 6.07) is 7.07. The standard InChI is InChI=1S/C29H31F3N6O2/c1-17-8-10-21(13-26(17)38-16-25(35-36-38)23-15-33-37(3)18(23)2)28(39)34-24-14-22(29(30,31)32)12-20(27(24)40-4)11-9-19-6-5-7-19/h8,10,12-16,19H,5-7,9,11H2,1-4H3,(H,34,39). The minimum atomic E-state index is -4.56. The molecule has 0 aliphatic heterocycles. The van der Waals surface area contributed by atoms with Gasteiger partial charge in [0, 0.05) is 23.9 Å². The van der Waals surface area contributed by atoms with Gasteiger partial charge >= 0.3 is 6.18 Å². The summed E-state index contributed by atoms with van der Waals surface area (Å²) in [7, 11) is 3.24. The van der Waals surface area contributed by atoms with Crippen LogP contribution in [-0.2, 0) is 19.6 Å². The molecule has 5 rings (SSSR count). The van der Waals surface area contributed by atoms with Gasteiger partial charge in [-0.3, -0.25) is 9.48 Å². The van der Waals surface area contributed by atoms with Crippen LogP contribution in [0.3, 0.4) is 0 Å². The number of rotatable bonds is 8. The van der Waals surface area contributed by atoms with Crippen molar-refractivity contribution in [2.45, 2.75) is 52.1 Å². The van der Waals surface area contributed by atoms with E-state index < -0.39 is 17.6 Å². The molecule has 2 heterocycles. The van der Waals surface area contributed by atoms with Crippen molar-refractivity contribution in [2.24, 2.45) is 13.0 Å². The van der Waals surface area contributed by atoms with Crippen LogP contribution >= 0.6 is 0 Å². The predicted octanol–water partition coefficient (Wildman–Crippen LogP) is 6.30. The quantitative estimate of drug-likeness (QED) is 0.277. The molecule has 0 bridgehead atoms. The molecule has 1 aliphatic carbocycles. The Balaban J connectivity index is 1.44. The van der Waals surface area contributed by atoms with Gasteiger partial charge < -0.3 is 10.1 Å². The zero-order valence-electron chi connectivity index (χ0n) is 22.8. The third-order valence-electron chi connectivity index (χ3n) is 7.71. The van der Waals surface area contributed by atoms with E-state index >= 15 is 0 Å². The molecule has 2 aromatic carbocycles. The lowest BCUT2D eigenvalue weighted by Crippen LogP contribution is -2.17. The van der Waals surface area contributed by atoms with E-state index in [2.05, 4.69) is 20.7 Å². The lowest BCUT2D eigenvalue weighted by atomic mass is 9.81. The van der Waals surface area contributed by atoms with E-state index in [0.29, 0.717) is 29.3 Å². The third-order valence-corrected chi connectivity index (χ3v) is 7.71. The molecule has 2 aromatic heterocycles. The molecule has 1 amide bonds. The highest BCUT2D eigenvalue weighted by Gasteiger charge is 2.33. The van der Waals surface area contributed by atoms with Crippen LogP contribution in [0.4, 0.5) is 18.9 Å². The van der Waals surface area contributed by atoms with E-state index in [1.165, 1.54) is 7.11 Å². The number of ether oxygens (including phenoxy) is 1. The first-order valence-electron chi connectivity index (χ1n) is 13.2. The molecule has 1 saturated carbocycles. The second-order valence-corrected chi connectivity index (χ2v) is 10.3. The minimum Gasteiger partial charge on any atom is -0.494 e. The summed E-state index contributed by atoms with van der Waals surface area (Å²) in [5.74, 6) is 0.204. The molecule has 1 fully saturated rings. The molecule has 40 heavy (non-hydrogen) atoms. The summed E-state index contributed by atoms with van der Waals surface area (Å²) in [5, 5.41) is 15.4. The van der Waals surface area contributed by atoms with Gasteiger partial charge in [-0.05, 0) is 68.0 Å². The summed E-state index contributed by atoms with van der Waals surface area (Å²) >= 11 is 0. The first kappa shape index (κ1) is 27.4. The van der Waals surface area contributed by atoms with Gasteiger partial charge in [0.15, 0.2) is 0 Å². The third kappa shape index (κ3) is 5.45. The number of amides is 1. The molecule has 0 spiro atoms. The van der Waals surface area contributed by atoms with Crippen molar-refractivity contribution in [1.29, 1.82) is 0 Å². The van der Waals surface area contributed by atoms with Crippen molar-refractivity contribution in [3.8, 4) is 22.7 Å². The largest absolute Gasteiger partial charge is 0.494 e. The Kier molecular flexibility index (Phi) is 7.39. The maximum atomic E-state index is 13.8. The number of halogens is 3. The molecule has 210 valence electrons. The van der Waals surface area contributed by atoms with Gasteiger partial charge in [0.1, 0.15) is 11.4 Å². The number of anilines is 1. The Morgan fingerprint density at radius 1 is 1.18 bits per heavy atom. The fourth-order valence-electron chi connectivity index (χ4n) is 4.96. The number of aryl methyl sites for hydroxylation is 3. The van der Waals surface area contributed by atoms with Crippen molar-refractivity contribution < 1.29 is 22.7 Å². The molecule has 0 atom stereocenters. The van der Waals surface area contributed by atoms with Gasteiger partial charge in [0.2, 0.25) is 0 Å². The maximum Gasteiger partial charge on any atom is 0.416 e. The molecule has 0 radical (unpaired) electrons. The fourth-order valence-corrected chi connectivity index (χ4v) is 4.96.